The van der Waals surface area contributed by atoms with Crippen LogP contribution >= 0.6 is 0 Å². The van der Waals surface area contributed by atoms with E-state index in [1.807, 2.05) is 0 Å². The average molecular weight is 655 g/mol. The van der Waals surface area contributed by atoms with E-state index in [9.17, 15) is 26.3 Å². The first-order valence-corrected chi connectivity index (χ1v) is 9.53. The van der Waals surface area contributed by atoms with E-state index >= 15 is 0 Å². The maximum atomic E-state index is 14.4. The number of pyridine rings is 2. The Balaban J connectivity index is 0.00000324. The Kier molecular flexibility index (Phi) is 7.03. The smallest absolute Gasteiger partial charge is 0.300 e. The second kappa shape index (κ2) is 9.33. The topological polar surface area (TPSA) is 43.6 Å². The van der Waals surface area contributed by atoms with Gasteiger partial charge in [-0.2, -0.15) is 36.5 Å². The van der Waals surface area contributed by atoms with Crippen molar-refractivity contribution in [3.8, 4) is 16.9 Å². The molecule has 3 heterocycles. The van der Waals surface area contributed by atoms with Crippen molar-refractivity contribution in [3.63, 3.8) is 0 Å². The minimum Gasteiger partial charge on any atom is -0.300 e. The van der Waals surface area contributed by atoms with Crippen LogP contribution in [-0.4, -0.2) is 19.7 Å². The van der Waals surface area contributed by atoms with Crippen molar-refractivity contribution in [2.24, 2.45) is 0 Å². The Morgan fingerprint density at radius 1 is 0.912 bits per heavy atom. The normalized spacial score (nSPS) is 11.9. The second-order valence-electron chi connectivity index (χ2n) is 7.68. The molecular formula is C23H14F6N4Pt. The van der Waals surface area contributed by atoms with Crippen molar-refractivity contribution in [3.05, 3.63) is 95.5 Å². The number of alkyl halides is 3. The number of aromatic nitrogens is 4. The SMILES string of the molecule is CC(C)(c1cc(F)cc(-c2[c-]cc(F)nc2F)n1)c1ccn(-c2[c-]ccc(C(F)(F)F)c2)n1.[Pt+2]. The monoisotopic (exact) mass is 655 g/mol. The van der Waals surface area contributed by atoms with E-state index in [4.69, 9.17) is 0 Å². The van der Waals surface area contributed by atoms with Gasteiger partial charge in [-0.3, -0.25) is 14.6 Å². The van der Waals surface area contributed by atoms with E-state index in [-0.39, 0.29) is 43.7 Å². The van der Waals surface area contributed by atoms with Crippen molar-refractivity contribution < 1.29 is 47.4 Å². The van der Waals surface area contributed by atoms with Gasteiger partial charge < -0.3 is 0 Å². The molecule has 0 N–H and O–H groups in total. The molecule has 0 spiro atoms. The summed E-state index contributed by atoms with van der Waals surface area (Å²) in [6, 6.07) is 12.4. The third-order valence-electron chi connectivity index (χ3n) is 5.02. The predicted octanol–water partition coefficient (Wildman–Crippen LogP) is 5.69. The molecule has 4 rings (SSSR count). The zero-order valence-electron chi connectivity index (χ0n) is 17.5. The fourth-order valence-electron chi connectivity index (χ4n) is 3.18. The van der Waals surface area contributed by atoms with Crippen LogP contribution in [0, 0.1) is 29.8 Å². The van der Waals surface area contributed by atoms with E-state index in [1.54, 1.807) is 19.9 Å². The standard InChI is InChI=1S/C23H14F6N4.Pt/c1-22(2,18-8-9-33(32-18)15-5-3-4-13(10-15)23(27,28)29)19-12-14(24)11-17(30-19)16-6-7-20(25)31-21(16)26;/h3-4,7-12H,1-2H3;/q-2;+2. The zero-order valence-corrected chi connectivity index (χ0v) is 19.8. The number of rotatable bonds is 4. The second-order valence-corrected chi connectivity index (χ2v) is 7.68. The Morgan fingerprint density at radius 2 is 1.65 bits per heavy atom. The third kappa shape index (κ3) is 5.06. The summed E-state index contributed by atoms with van der Waals surface area (Å²) in [7, 11) is 0. The van der Waals surface area contributed by atoms with Crippen LogP contribution in [0.4, 0.5) is 26.3 Å². The van der Waals surface area contributed by atoms with Crippen LogP contribution in [0.15, 0.2) is 48.7 Å². The largest absolute Gasteiger partial charge is 2.00 e. The predicted molar refractivity (Wildman–Crippen MR) is 106 cm³/mol. The molecule has 0 aliphatic heterocycles. The van der Waals surface area contributed by atoms with Gasteiger partial charge in [0.2, 0.25) is 0 Å². The molecule has 0 unspecified atom stereocenters. The number of nitrogens with zero attached hydrogens (tertiary/aromatic N) is 4. The molecule has 0 amide bonds. The quantitative estimate of drug-likeness (QED) is 0.161. The Labute approximate surface area is 204 Å². The fourth-order valence-corrected chi connectivity index (χ4v) is 3.18. The van der Waals surface area contributed by atoms with Crippen LogP contribution in [-0.2, 0) is 32.7 Å². The molecule has 4 nitrogen and oxygen atoms in total. The molecular weight excluding hydrogens is 641 g/mol. The van der Waals surface area contributed by atoms with Crippen molar-refractivity contribution in [1.82, 2.24) is 19.7 Å². The van der Waals surface area contributed by atoms with Gasteiger partial charge in [0, 0.05) is 11.9 Å². The molecule has 1 aromatic carbocycles. The molecule has 0 radical (unpaired) electrons. The number of hydrogen-bond acceptors (Lipinski definition) is 3. The van der Waals surface area contributed by atoms with Gasteiger partial charge in [0.1, 0.15) is 17.7 Å². The molecule has 0 saturated carbocycles. The van der Waals surface area contributed by atoms with E-state index in [1.165, 1.54) is 10.9 Å². The molecule has 0 saturated heterocycles. The molecule has 0 atom stereocenters. The number of halogens is 6. The van der Waals surface area contributed by atoms with Crippen LogP contribution in [0.25, 0.3) is 16.9 Å². The summed E-state index contributed by atoms with van der Waals surface area (Å²) < 4.78 is 81.9. The summed E-state index contributed by atoms with van der Waals surface area (Å²) >= 11 is 0. The molecule has 0 aliphatic rings. The van der Waals surface area contributed by atoms with E-state index < -0.39 is 34.9 Å². The van der Waals surface area contributed by atoms with Crippen LogP contribution in [0.5, 0.6) is 0 Å². The first-order valence-electron chi connectivity index (χ1n) is 9.53. The van der Waals surface area contributed by atoms with E-state index in [2.05, 4.69) is 27.2 Å². The van der Waals surface area contributed by atoms with Gasteiger partial charge in [0.25, 0.3) is 0 Å². The summed E-state index contributed by atoms with van der Waals surface area (Å²) in [5.74, 6) is -3.00. The first kappa shape index (κ1) is 25.6. The molecule has 4 aromatic rings. The minimum atomic E-state index is -4.53. The van der Waals surface area contributed by atoms with Crippen LogP contribution in [0.3, 0.4) is 0 Å². The summed E-state index contributed by atoms with van der Waals surface area (Å²) in [5.41, 5.74) is -1.75. The zero-order chi connectivity index (χ0) is 24.0. The summed E-state index contributed by atoms with van der Waals surface area (Å²) in [5, 5.41) is 4.32. The molecule has 0 bridgehead atoms. The van der Waals surface area contributed by atoms with E-state index in [0.717, 1.165) is 36.4 Å². The Bertz CT molecular complexity index is 1330. The number of benzene rings is 1. The average Bonchev–Trinajstić information content (AvgIpc) is 3.24. The fraction of sp³-hybridized carbons (Fsp3) is 0.174. The number of hydrogen-bond donors (Lipinski definition) is 0. The van der Waals surface area contributed by atoms with Gasteiger partial charge in [-0.25, -0.2) is 13.2 Å². The minimum absolute atomic E-state index is 0. The van der Waals surface area contributed by atoms with Crippen molar-refractivity contribution in [1.29, 1.82) is 0 Å². The van der Waals surface area contributed by atoms with Crippen LogP contribution in [0.2, 0.25) is 0 Å². The van der Waals surface area contributed by atoms with Gasteiger partial charge >= 0.3 is 27.2 Å². The molecule has 0 fully saturated rings. The molecule has 34 heavy (non-hydrogen) atoms. The van der Waals surface area contributed by atoms with Crippen LogP contribution in [0.1, 0.15) is 30.8 Å². The summed E-state index contributed by atoms with van der Waals surface area (Å²) in [6.07, 6.45) is -3.08. The molecule has 178 valence electrons. The summed E-state index contributed by atoms with van der Waals surface area (Å²) in [4.78, 5) is 7.36. The van der Waals surface area contributed by atoms with Gasteiger partial charge in [-0.05, 0) is 43.4 Å². The molecule has 3 aromatic heterocycles. The van der Waals surface area contributed by atoms with Gasteiger partial charge in [-0.15, -0.1) is 12.1 Å². The first-order chi connectivity index (χ1) is 15.4. The molecule has 11 heteroatoms. The maximum absolute atomic E-state index is 14.4. The third-order valence-corrected chi connectivity index (χ3v) is 5.02. The Hall–Kier alpha value is -3.00. The van der Waals surface area contributed by atoms with Gasteiger partial charge in [0.15, 0.2) is 0 Å². The molecule has 0 aliphatic carbocycles. The summed E-state index contributed by atoms with van der Waals surface area (Å²) in [6.45, 7) is 3.34. The van der Waals surface area contributed by atoms with Gasteiger partial charge in [0.05, 0.1) is 11.1 Å². The van der Waals surface area contributed by atoms with Gasteiger partial charge in [-0.1, -0.05) is 17.2 Å². The Morgan fingerprint density at radius 3 is 2.32 bits per heavy atom. The van der Waals surface area contributed by atoms with Crippen molar-refractivity contribution in [2.75, 3.05) is 0 Å². The van der Waals surface area contributed by atoms with E-state index in [0.29, 0.717) is 5.69 Å². The van der Waals surface area contributed by atoms with Crippen LogP contribution < -0.4 is 0 Å². The van der Waals surface area contributed by atoms with Crippen molar-refractivity contribution >= 4 is 0 Å². The van der Waals surface area contributed by atoms with Crippen molar-refractivity contribution in [2.45, 2.75) is 25.4 Å². The maximum Gasteiger partial charge on any atom is 2.00 e.